The predicted molar refractivity (Wildman–Crippen MR) is 83.2 cm³/mol. The molecule has 3 fully saturated rings. The molecule has 0 unspecified atom stereocenters. The average Bonchev–Trinajstić information content (AvgIpc) is 2.57. The topological polar surface area (TPSA) is 32.8 Å². The zero-order valence-corrected chi connectivity index (χ0v) is 13.3. The van der Waals surface area contributed by atoms with Gasteiger partial charge in [0.15, 0.2) is 0 Å². The highest BCUT2D eigenvalue weighted by molar-refractivity contribution is 5.76. The van der Waals surface area contributed by atoms with Gasteiger partial charge >= 0.3 is 0 Å². The third-order valence-corrected chi connectivity index (χ3v) is 5.53. The summed E-state index contributed by atoms with van der Waals surface area (Å²) >= 11 is 0. The first kappa shape index (κ1) is 15.3. The Hall–Kier alpha value is -0.610. The summed E-state index contributed by atoms with van der Waals surface area (Å²) in [6.07, 6.45) is 9.37. The number of likely N-dealkylation sites (tertiary alicyclic amines) is 2. The molecule has 0 saturated carbocycles. The SMILES string of the molecule is O=C(CC1CCOCC1)N1CCC(N2CCCCC2)CC1. The van der Waals surface area contributed by atoms with Crippen LogP contribution in [0.5, 0.6) is 0 Å². The number of hydrogen-bond acceptors (Lipinski definition) is 3. The van der Waals surface area contributed by atoms with Crippen LogP contribution in [-0.4, -0.2) is 61.1 Å². The van der Waals surface area contributed by atoms with Crippen molar-refractivity contribution in [3.63, 3.8) is 0 Å². The summed E-state index contributed by atoms with van der Waals surface area (Å²) in [5.41, 5.74) is 0. The van der Waals surface area contributed by atoms with Gasteiger partial charge in [-0.3, -0.25) is 4.79 Å². The van der Waals surface area contributed by atoms with Gasteiger partial charge in [0.25, 0.3) is 0 Å². The van der Waals surface area contributed by atoms with E-state index >= 15 is 0 Å². The lowest BCUT2D eigenvalue weighted by atomic mass is 9.94. The van der Waals surface area contributed by atoms with Crippen molar-refractivity contribution in [2.75, 3.05) is 39.4 Å². The fourth-order valence-electron chi connectivity index (χ4n) is 4.09. The molecule has 0 bridgehead atoms. The minimum atomic E-state index is 0.388. The van der Waals surface area contributed by atoms with E-state index in [9.17, 15) is 4.79 Å². The summed E-state index contributed by atoms with van der Waals surface area (Å²) in [6.45, 7) is 6.19. The monoisotopic (exact) mass is 294 g/mol. The van der Waals surface area contributed by atoms with E-state index < -0.39 is 0 Å². The van der Waals surface area contributed by atoms with E-state index in [2.05, 4.69) is 9.80 Å². The molecule has 3 rings (SSSR count). The maximum absolute atomic E-state index is 12.4. The number of piperidine rings is 2. The Morgan fingerprint density at radius 1 is 0.905 bits per heavy atom. The van der Waals surface area contributed by atoms with E-state index in [1.54, 1.807) is 0 Å². The van der Waals surface area contributed by atoms with Gasteiger partial charge in [-0.15, -0.1) is 0 Å². The van der Waals surface area contributed by atoms with Crippen LogP contribution in [-0.2, 0) is 9.53 Å². The number of hydrogen-bond donors (Lipinski definition) is 0. The summed E-state index contributed by atoms with van der Waals surface area (Å²) in [4.78, 5) is 17.2. The van der Waals surface area contributed by atoms with Crippen molar-refractivity contribution in [1.82, 2.24) is 9.80 Å². The summed E-state index contributed by atoms with van der Waals surface area (Å²) in [6, 6.07) is 0.734. The van der Waals surface area contributed by atoms with Crippen molar-refractivity contribution < 1.29 is 9.53 Å². The van der Waals surface area contributed by atoms with E-state index in [0.29, 0.717) is 11.8 Å². The second kappa shape index (κ2) is 7.59. The Balaban J connectivity index is 1.40. The van der Waals surface area contributed by atoms with Gasteiger partial charge in [-0.2, -0.15) is 0 Å². The lowest BCUT2D eigenvalue weighted by Crippen LogP contribution is -2.48. The normalized spacial score (nSPS) is 27.0. The number of nitrogens with zero attached hydrogens (tertiary/aromatic N) is 2. The molecular weight excluding hydrogens is 264 g/mol. The first-order chi connectivity index (χ1) is 10.3. The summed E-state index contributed by atoms with van der Waals surface area (Å²) < 4.78 is 5.38. The van der Waals surface area contributed by atoms with Gasteiger partial charge in [0.1, 0.15) is 0 Å². The van der Waals surface area contributed by atoms with E-state index in [4.69, 9.17) is 4.74 Å². The molecule has 3 heterocycles. The van der Waals surface area contributed by atoms with Crippen molar-refractivity contribution in [2.45, 2.75) is 57.4 Å². The van der Waals surface area contributed by atoms with Crippen molar-refractivity contribution in [1.29, 1.82) is 0 Å². The quantitative estimate of drug-likeness (QED) is 0.800. The standard InChI is InChI=1S/C17H30N2O2/c20-17(14-15-6-12-21-13-7-15)19-10-4-16(5-11-19)18-8-2-1-3-9-18/h15-16H,1-14H2. The second-order valence-electron chi connectivity index (χ2n) is 6.97. The summed E-state index contributed by atoms with van der Waals surface area (Å²) in [7, 11) is 0. The van der Waals surface area contributed by atoms with E-state index in [1.165, 1.54) is 45.2 Å². The van der Waals surface area contributed by atoms with Crippen LogP contribution >= 0.6 is 0 Å². The van der Waals surface area contributed by atoms with Gasteiger partial charge < -0.3 is 14.5 Å². The highest BCUT2D eigenvalue weighted by Crippen LogP contribution is 2.23. The molecule has 3 aliphatic rings. The van der Waals surface area contributed by atoms with Crippen LogP contribution in [0.4, 0.5) is 0 Å². The first-order valence-corrected chi connectivity index (χ1v) is 8.92. The molecule has 0 spiro atoms. The number of rotatable bonds is 3. The Bertz CT molecular complexity index is 328. The fraction of sp³-hybridized carbons (Fsp3) is 0.941. The minimum Gasteiger partial charge on any atom is -0.381 e. The van der Waals surface area contributed by atoms with Gasteiger partial charge in [0, 0.05) is 38.8 Å². The molecule has 0 aromatic rings. The van der Waals surface area contributed by atoms with Gasteiger partial charge in [-0.1, -0.05) is 6.42 Å². The number of carbonyl (C=O) groups excluding carboxylic acids is 1. The van der Waals surface area contributed by atoms with E-state index in [1.807, 2.05) is 0 Å². The molecule has 3 aliphatic heterocycles. The van der Waals surface area contributed by atoms with Crippen LogP contribution in [0.25, 0.3) is 0 Å². The number of amides is 1. The van der Waals surface area contributed by atoms with Crippen LogP contribution in [0.1, 0.15) is 51.4 Å². The largest absolute Gasteiger partial charge is 0.381 e. The molecule has 0 aliphatic carbocycles. The minimum absolute atomic E-state index is 0.388. The molecule has 4 heteroatoms. The first-order valence-electron chi connectivity index (χ1n) is 8.92. The molecule has 0 aromatic heterocycles. The summed E-state index contributed by atoms with van der Waals surface area (Å²) in [5.74, 6) is 0.949. The molecule has 0 N–H and O–H groups in total. The Morgan fingerprint density at radius 2 is 1.57 bits per heavy atom. The maximum atomic E-state index is 12.4. The summed E-state index contributed by atoms with van der Waals surface area (Å²) in [5, 5.41) is 0. The number of carbonyl (C=O) groups is 1. The van der Waals surface area contributed by atoms with Gasteiger partial charge in [0.05, 0.1) is 0 Å². The molecule has 0 aromatic carbocycles. The molecule has 21 heavy (non-hydrogen) atoms. The van der Waals surface area contributed by atoms with Crippen LogP contribution in [0, 0.1) is 5.92 Å². The van der Waals surface area contributed by atoms with Crippen molar-refractivity contribution in [3.8, 4) is 0 Å². The van der Waals surface area contributed by atoms with Crippen LogP contribution < -0.4 is 0 Å². The fourth-order valence-corrected chi connectivity index (χ4v) is 4.09. The molecule has 4 nitrogen and oxygen atoms in total. The Kier molecular flexibility index (Phi) is 5.53. The van der Waals surface area contributed by atoms with E-state index in [-0.39, 0.29) is 0 Å². The van der Waals surface area contributed by atoms with Crippen LogP contribution in [0.2, 0.25) is 0 Å². The lowest BCUT2D eigenvalue weighted by Gasteiger charge is -2.40. The third-order valence-electron chi connectivity index (χ3n) is 5.53. The van der Waals surface area contributed by atoms with Crippen molar-refractivity contribution in [3.05, 3.63) is 0 Å². The predicted octanol–water partition coefficient (Wildman–Crippen LogP) is 2.28. The molecule has 1 amide bonds. The second-order valence-corrected chi connectivity index (χ2v) is 6.97. The van der Waals surface area contributed by atoms with Crippen molar-refractivity contribution in [2.24, 2.45) is 5.92 Å². The highest BCUT2D eigenvalue weighted by Gasteiger charge is 2.28. The molecule has 0 radical (unpaired) electrons. The van der Waals surface area contributed by atoms with E-state index in [0.717, 1.165) is 51.6 Å². The molecule has 0 atom stereocenters. The zero-order chi connectivity index (χ0) is 14.5. The number of ether oxygens (including phenoxy) is 1. The van der Waals surface area contributed by atoms with Gasteiger partial charge in [0.2, 0.25) is 5.91 Å². The van der Waals surface area contributed by atoms with Crippen molar-refractivity contribution >= 4 is 5.91 Å². The maximum Gasteiger partial charge on any atom is 0.222 e. The molecule has 120 valence electrons. The van der Waals surface area contributed by atoms with Crippen LogP contribution in [0.15, 0.2) is 0 Å². The Labute approximate surface area is 128 Å². The third kappa shape index (κ3) is 4.19. The zero-order valence-electron chi connectivity index (χ0n) is 13.3. The smallest absolute Gasteiger partial charge is 0.222 e. The Morgan fingerprint density at radius 3 is 2.24 bits per heavy atom. The molecule has 3 saturated heterocycles. The highest BCUT2D eigenvalue weighted by atomic mass is 16.5. The average molecular weight is 294 g/mol. The van der Waals surface area contributed by atoms with Crippen LogP contribution in [0.3, 0.4) is 0 Å². The lowest BCUT2D eigenvalue weighted by molar-refractivity contribution is -0.134. The van der Waals surface area contributed by atoms with Gasteiger partial charge in [-0.05, 0) is 57.5 Å². The van der Waals surface area contributed by atoms with Gasteiger partial charge in [-0.25, -0.2) is 0 Å². The molecular formula is C17H30N2O2.